The fourth-order valence-corrected chi connectivity index (χ4v) is 2.73. The highest BCUT2D eigenvalue weighted by atomic mass is 16.5. The second-order valence-corrected chi connectivity index (χ2v) is 4.86. The maximum atomic E-state index is 11.8. The summed E-state index contributed by atoms with van der Waals surface area (Å²) in [6.45, 7) is 1.10. The van der Waals surface area contributed by atoms with Crippen LogP contribution >= 0.6 is 0 Å². The number of rotatable bonds is 3. The molecular formula is C12H21NO3. The molecule has 16 heavy (non-hydrogen) atoms. The maximum absolute atomic E-state index is 11.8. The molecule has 1 saturated heterocycles. The minimum Gasteiger partial charge on any atom is -0.468 e. The first-order valence-corrected chi connectivity index (χ1v) is 6.21. The number of nitrogens with one attached hydrogen (secondary N) is 1. The smallest absolute Gasteiger partial charge is 0.328 e. The summed E-state index contributed by atoms with van der Waals surface area (Å²) in [5.74, 6) is -0.171. The second kappa shape index (κ2) is 5.15. The molecule has 4 nitrogen and oxygen atoms in total. The second-order valence-electron chi connectivity index (χ2n) is 4.86. The molecule has 2 rings (SSSR count). The lowest BCUT2D eigenvalue weighted by Gasteiger charge is -2.33. The molecular weight excluding hydrogens is 206 g/mol. The summed E-state index contributed by atoms with van der Waals surface area (Å²) in [4.78, 5) is 11.8. The number of methoxy groups -OCH3 is 1. The highest BCUT2D eigenvalue weighted by Crippen LogP contribution is 2.25. The van der Waals surface area contributed by atoms with Crippen LogP contribution in [0.4, 0.5) is 0 Å². The molecule has 2 aliphatic rings. The largest absolute Gasteiger partial charge is 0.468 e. The van der Waals surface area contributed by atoms with E-state index in [1.165, 1.54) is 39.2 Å². The number of hydrogen-bond donors (Lipinski definition) is 1. The van der Waals surface area contributed by atoms with Gasteiger partial charge >= 0.3 is 5.97 Å². The van der Waals surface area contributed by atoms with E-state index in [9.17, 15) is 4.79 Å². The van der Waals surface area contributed by atoms with Crippen molar-refractivity contribution in [2.24, 2.45) is 0 Å². The lowest BCUT2D eigenvalue weighted by Crippen LogP contribution is -2.57. The maximum Gasteiger partial charge on any atom is 0.328 e. The highest BCUT2D eigenvalue weighted by molar-refractivity contribution is 5.81. The quantitative estimate of drug-likeness (QED) is 0.737. The molecule has 1 aliphatic carbocycles. The highest BCUT2D eigenvalue weighted by Gasteiger charge is 2.44. The van der Waals surface area contributed by atoms with Crippen molar-refractivity contribution in [3.05, 3.63) is 0 Å². The van der Waals surface area contributed by atoms with Gasteiger partial charge in [0.2, 0.25) is 0 Å². The first kappa shape index (κ1) is 11.9. The summed E-state index contributed by atoms with van der Waals surface area (Å²) in [6, 6.07) is 0.453. The van der Waals surface area contributed by atoms with E-state index in [0.717, 1.165) is 6.42 Å². The van der Waals surface area contributed by atoms with Gasteiger partial charge in [0.05, 0.1) is 13.7 Å². The normalized spacial score (nSPS) is 31.6. The van der Waals surface area contributed by atoms with Gasteiger partial charge in [-0.05, 0) is 12.8 Å². The number of carbonyl (C=O) groups excluding carboxylic acids is 1. The average Bonchev–Trinajstić information content (AvgIpc) is 2.79. The number of ether oxygens (including phenoxy) is 2. The number of carbonyl (C=O) groups is 1. The molecule has 0 aromatic rings. The van der Waals surface area contributed by atoms with Crippen molar-refractivity contribution in [3.8, 4) is 0 Å². The molecule has 1 heterocycles. The van der Waals surface area contributed by atoms with Crippen LogP contribution in [0, 0.1) is 0 Å². The van der Waals surface area contributed by atoms with Gasteiger partial charge in [-0.15, -0.1) is 0 Å². The van der Waals surface area contributed by atoms with Crippen molar-refractivity contribution in [2.75, 3.05) is 20.3 Å². The van der Waals surface area contributed by atoms with E-state index in [2.05, 4.69) is 5.32 Å². The Hall–Kier alpha value is -0.610. The van der Waals surface area contributed by atoms with Crippen LogP contribution in [0.3, 0.4) is 0 Å². The lowest BCUT2D eigenvalue weighted by atomic mass is 9.90. The molecule has 0 aromatic heterocycles. The fraction of sp³-hybridized carbons (Fsp3) is 0.917. The van der Waals surface area contributed by atoms with Gasteiger partial charge in [-0.25, -0.2) is 4.79 Å². The van der Waals surface area contributed by atoms with Crippen molar-refractivity contribution >= 4 is 5.97 Å². The molecule has 0 bridgehead atoms. The third-order valence-corrected chi connectivity index (χ3v) is 3.68. The SMILES string of the molecule is COC(=O)C1(NC2CCCCC2)CCOC1. The predicted molar refractivity (Wildman–Crippen MR) is 60.2 cm³/mol. The van der Waals surface area contributed by atoms with Gasteiger partial charge in [0.15, 0.2) is 0 Å². The monoisotopic (exact) mass is 227 g/mol. The molecule has 4 heteroatoms. The Bertz CT molecular complexity index is 243. The van der Waals surface area contributed by atoms with Crippen LogP contribution in [0.15, 0.2) is 0 Å². The summed E-state index contributed by atoms with van der Waals surface area (Å²) in [5, 5.41) is 3.48. The summed E-state index contributed by atoms with van der Waals surface area (Å²) in [5.41, 5.74) is -0.573. The zero-order valence-electron chi connectivity index (χ0n) is 9.96. The Morgan fingerprint density at radius 1 is 1.38 bits per heavy atom. The fourth-order valence-electron chi connectivity index (χ4n) is 2.73. The van der Waals surface area contributed by atoms with Crippen molar-refractivity contribution in [3.63, 3.8) is 0 Å². The van der Waals surface area contributed by atoms with Crippen molar-refractivity contribution in [2.45, 2.75) is 50.1 Å². The molecule has 1 saturated carbocycles. The molecule has 1 aliphatic heterocycles. The summed E-state index contributed by atoms with van der Waals surface area (Å²) in [6.07, 6.45) is 6.90. The lowest BCUT2D eigenvalue weighted by molar-refractivity contribution is -0.149. The third kappa shape index (κ3) is 2.38. The third-order valence-electron chi connectivity index (χ3n) is 3.68. The van der Waals surface area contributed by atoms with Gasteiger partial charge < -0.3 is 9.47 Å². The predicted octanol–water partition coefficient (Wildman–Crippen LogP) is 1.24. The van der Waals surface area contributed by atoms with Crippen LogP contribution < -0.4 is 5.32 Å². The van der Waals surface area contributed by atoms with Crippen molar-refractivity contribution < 1.29 is 14.3 Å². The average molecular weight is 227 g/mol. The topological polar surface area (TPSA) is 47.6 Å². The Kier molecular flexibility index (Phi) is 3.82. The first-order chi connectivity index (χ1) is 7.77. The van der Waals surface area contributed by atoms with E-state index in [1.807, 2.05) is 0 Å². The van der Waals surface area contributed by atoms with E-state index in [1.54, 1.807) is 0 Å². The van der Waals surface area contributed by atoms with Crippen LogP contribution in [-0.2, 0) is 14.3 Å². The zero-order chi connectivity index (χ0) is 11.4. The zero-order valence-corrected chi connectivity index (χ0v) is 9.96. The summed E-state index contributed by atoms with van der Waals surface area (Å²) in [7, 11) is 1.45. The van der Waals surface area contributed by atoms with Crippen LogP contribution in [0.25, 0.3) is 0 Å². The molecule has 1 atom stereocenters. The minimum absolute atomic E-state index is 0.171. The molecule has 0 radical (unpaired) electrons. The van der Waals surface area contributed by atoms with Gasteiger partial charge in [0, 0.05) is 19.1 Å². The standard InChI is InChI=1S/C12H21NO3/c1-15-11(14)12(7-8-16-9-12)13-10-5-3-2-4-6-10/h10,13H,2-9H2,1H3. The van der Waals surface area contributed by atoms with Gasteiger partial charge in [-0.2, -0.15) is 0 Å². The van der Waals surface area contributed by atoms with Crippen molar-refractivity contribution in [1.82, 2.24) is 5.32 Å². The van der Waals surface area contributed by atoms with Crippen LogP contribution in [-0.4, -0.2) is 37.9 Å². The van der Waals surface area contributed by atoms with E-state index < -0.39 is 5.54 Å². The van der Waals surface area contributed by atoms with Gasteiger partial charge in [0.1, 0.15) is 5.54 Å². The van der Waals surface area contributed by atoms with Gasteiger partial charge in [-0.3, -0.25) is 5.32 Å². The molecule has 0 amide bonds. The number of esters is 1. The van der Waals surface area contributed by atoms with E-state index in [4.69, 9.17) is 9.47 Å². The molecule has 0 spiro atoms. The van der Waals surface area contributed by atoms with E-state index in [-0.39, 0.29) is 5.97 Å². The van der Waals surface area contributed by atoms with E-state index in [0.29, 0.717) is 19.3 Å². The Morgan fingerprint density at radius 3 is 2.69 bits per heavy atom. The first-order valence-electron chi connectivity index (χ1n) is 6.21. The van der Waals surface area contributed by atoms with E-state index >= 15 is 0 Å². The summed E-state index contributed by atoms with van der Waals surface area (Å²) < 4.78 is 10.3. The molecule has 2 fully saturated rings. The summed E-state index contributed by atoms with van der Waals surface area (Å²) >= 11 is 0. The van der Waals surface area contributed by atoms with Crippen LogP contribution in [0.2, 0.25) is 0 Å². The molecule has 1 N–H and O–H groups in total. The minimum atomic E-state index is -0.573. The Morgan fingerprint density at radius 2 is 2.12 bits per heavy atom. The molecule has 0 aromatic carbocycles. The molecule has 92 valence electrons. The van der Waals surface area contributed by atoms with Gasteiger partial charge in [-0.1, -0.05) is 19.3 Å². The molecule has 1 unspecified atom stereocenters. The Labute approximate surface area is 96.7 Å². The van der Waals surface area contributed by atoms with Gasteiger partial charge in [0.25, 0.3) is 0 Å². The Balaban J connectivity index is 1.98. The van der Waals surface area contributed by atoms with Crippen LogP contribution in [0.5, 0.6) is 0 Å². The van der Waals surface area contributed by atoms with Crippen molar-refractivity contribution in [1.29, 1.82) is 0 Å². The number of hydrogen-bond acceptors (Lipinski definition) is 4. The van der Waals surface area contributed by atoms with Crippen LogP contribution in [0.1, 0.15) is 38.5 Å².